The van der Waals surface area contributed by atoms with Gasteiger partial charge in [-0.05, 0) is 12.3 Å². The number of nitrogens with zero attached hydrogens (tertiary/aromatic N) is 2. The lowest BCUT2D eigenvalue weighted by Crippen LogP contribution is -1.98. The van der Waals surface area contributed by atoms with E-state index in [1.54, 1.807) is 12.4 Å². The quantitative estimate of drug-likeness (QED) is 0.587. The van der Waals surface area contributed by atoms with E-state index in [0.29, 0.717) is 11.8 Å². The van der Waals surface area contributed by atoms with Crippen molar-refractivity contribution in [3.63, 3.8) is 0 Å². The molecule has 1 aliphatic rings. The highest BCUT2D eigenvalue weighted by molar-refractivity contribution is 5.22. The van der Waals surface area contributed by atoms with Gasteiger partial charge in [-0.1, -0.05) is 69.2 Å². The minimum Gasteiger partial charge on any atom is -0.258 e. The van der Waals surface area contributed by atoms with Crippen LogP contribution in [0, 0.1) is 5.92 Å². The fourth-order valence-corrected chi connectivity index (χ4v) is 1.67. The summed E-state index contributed by atoms with van der Waals surface area (Å²) < 4.78 is 0. The molecule has 19 heavy (non-hydrogen) atoms. The van der Waals surface area contributed by atoms with Crippen molar-refractivity contribution in [2.45, 2.75) is 81.6 Å². The van der Waals surface area contributed by atoms with Crippen molar-refractivity contribution in [1.82, 2.24) is 9.97 Å². The van der Waals surface area contributed by atoms with Gasteiger partial charge in [0.15, 0.2) is 0 Å². The molecule has 0 saturated carbocycles. The number of aromatic nitrogens is 2. The molecule has 2 nitrogen and oxygen atoms in total. The van der Waals surface area contributed by atoms with E-state index in [9.17, 15) is 0 Å². The molecule has 1 aromatic heterocycles. The lowest BCUT2D eigenvalue weighted by molar-refractivity contribution is 0.525. The van der Waals surface area contributed by atoms with Crippen LogP contribution in [0.5, 0.6) is 0 Å². The van der Waals surface area contributed by atoms with Gasteiger partial charge in [-0.2, -0.15) is 0 Å². The molecular weight excluding hydrogens is 232 g/mol. The van der Waals surface area contributed by atoms with Crippen molar-refractivity contribution in [1.29, 1.82) is 0 Å². The number of rotatable bonds is 0. The molecule has 0 aliphatic heterocycles. The van der Waals surface area contributed by atoms with Crippen LogP contribution in [0.4, 0.5) is 0 Å². The van der Waals surface area contributed by atoms with E-state index in [4.69, 9.17) is 0 Å². The van der Waals surface area contributed by atoms with Crippen LogP contribution in [-0.4, -0.2) is 9.97 Å². The van der Waals surface area contributed by atoms with Gasteiger partial charge in [-0.3, -0.25) is 9.97 Å². The predicted octanol–water partition coefficient (Wildman–Crippen LogP) is 5.88. The average Bonchev–Trinajstić information content (AvgIpc) is 2.71. The molecule has 0 fully saturated rings. The minimum atomic E-state index is 0. The summed E-state index contributed by atoms with van der Waals surface area (Å²) in [6, 6.07) is 0. The zero-order chi connectivity index (χ0) is 14.6. The molecule has 2 heteroatoms. The first-order chi connectivity index (χ1) is 8.70. The third kappa shape index (κ3) is 7.97. The van der Waals surface area contributed by atoms with Crippen molar-refractivity contribution >= 4 is 0 Å². The van der Waals surface area contributed by atoms with Gasteiger partial charge < -0.3 is 0 Å². The fourth-order valence-electron chi connectivity index (χ4n) is 1.67. The second-order valence-corrected chi connectivity index (χ2v) is 4.07. The third-order valence-corrected chi connectivity index (χ3v) is 2.61. The van der Waals surface area contributed by atoms with Crippen molar-refractivity contribution < 1.29 is 0 Å². The van der Waals surface area contributed by atoms with Crippen LogP contribution < -0.4 is 0 Å². The number of hydrogen-bond donors (Lipinski definition) is 0. The van der Waals surface area contributed by atoms with Crippen molar-refractivity contribution in [2.75, 3.05) is 0 Å². The molecule has 1 heterocycles. The van der Waals surface area contributed by atoms with Crippen LogP contribution in [0.15, 0.2) is 12.4 Å². The van der Waals surface area contributed by atoms with Gasteiger partial charge in [0.2, 0.25) is 0 Å². The Hall–Kier alpha value is -0.920. The summed E-state index contributed by atoms with van der Waals surface area (Å²) in [5.41, 5.74) is 2.41. The standard InChI is InChI=1S/C9H12N2.C3H8.2C2H6.CH4/c1-6-5-8-9(7(6)2)11-4-3-10-8;1-3-2;2*1-2;/h3-4,6-7H,5H2,1-2H3;3H2,1-2H3;2*1-2H3;1H4/t6-,7-;;;;/m0..../s1. The minimum absolute atomic E-state index is 0. The van der Waals surface area contributed by atoms with Crippen LogP contribution in [0.3, 0.4) is 0 Å². The normalized spacial score (nSPS) is 18.1. The van der Waals surface area contributed by atoms with E-state index in [0.717, 1.165) is 6.42 Å². The van der Waals surface area contributed by atoms with E-state index in [2.05, 4.69) is 37.7 Å². The molecular formula is C17H36N2. The van der Waals surface area contributed by atoms with Crippen LogP contribution in [0.2, 0.25) is 0 Å². The van der Waals surface area contributed by atoms with E-state index >= 15 is 0 Å². The Morgan fingerprint density at radius 2 is 1.42 bits per heavy atom. The Kier molecular flexibility index (Phi) is 18.5. The molecule has 1 aromatic rings. The molecule has 0 spiro atoms. The van der Waals surface area contributed by atoms with E-state index in [-0.39, 0.29) is 7.43 Å². The molecule has 2 rings (SSSR count). The van der Waals surface area contributed by atoms with Gasteiger partial charge in [0.05, 0.1) is 11.4 Å². The van der Waals surface area contributed by atoms with E-state index in [1.165, 1.54) is 17.8 Å². The first kappa shape index (κ1) is 23.2. The highest BCUT2D eigenvalue weighted by Gasteiger charge is 2.27. The first-order valence-corrected chi connectivity index (χ1v) is 7.50. The summed E-state index contributed by atoms with van der Waals surface area (Å²) in [5.74, 6) is 1.31. The van der Waals surface area contributed by atoms with Gasteiger partial charge >= 0.3 is 0 Å². The largest absolute Gasteiger partial charge is 0.258 e. The molecule has 2 atom stereocenters. The fraction of sp³-hybridized carbons (Fsp3) is 0.765. The molecule has 0 amide bonds. The summed E-state index contributed by atoms with van der Waals surface area (Å²) in [4.78, 5) is 8.63. The Morgan fingerprint density at radius 1 is 1.00 bits per heavy atom. The maximum atomic E-state index is 4.33. The molecule has 114 valence electrons. The Bertz CT molecular complexity index is 284. The van der Waals surface area contributed by atoms with Crippen LogP contribution in [0.1, 0.15) is 86.5 Å². The average molecular weight is 268 g/mol. The summed E-state index contributed by atoms with van der Waals surface area (Å²) in [6.45, 7) is 16.7. The van der Waals surface area contributed by atoms with Gasteiger partial charge in [0.1, 0.15) is 0 Å². The summed E-state index contributed by atoms with van der Waals surface area (Å²) in [7, 11) is 0. The van der Waals surface area contributed by atoms with Crippen molar-refractivity contribution in [3.05, 3.63) is 23.8 Å². The summed E-state index contributed by atoms with van der Waals surface area (Å²) in [6.07, 6.45) is 5.92. The summed E-state index contributed by atoms with van der Waals surface area (Å²) in [5, 5.41) is 0. The van der Waals surface area contributed by atoms with Crippen LogP contribution in [-0.2, 0) is 6.42 Å². The topological polar surface area (TPSA) is 25.8 Å². The maximum absolute atomic E-state index is 4.33. The predicted molar refractivity (Wildman–Crippen MR) is 88.7 cm³/mol. The Morgan fingerprint density at radius 3 is 1.84 bits per heavy atom. The van der Waals surface area contributed by atoms with Crippen LogP contribution >= 0.6 is 0 Å². The molecule has 1 aliphatic carbocycles. The molecule has 0 aromatic carbocycles. The second kappa shape index (κ2) is 15.1. The van der Waals surface area contributed by atoms with Gasteiger partial charge in [0, 0.05) is 18.3 Å². The van der Waals surface area contributed by atoms with E-state index in [1.807, 2.05) is 27.7 Å². The molecule has 0 N–H and O–H groups in total. The Labute approximate surface area is 122 Å². The zero-order valence-electron chi connectivity index (χ0n) is 13.6. The van der Waals surface area contributed by atoms with Gasteiger partial charge in [0.25, 0.3) is 0 Å². The Balaban J connectivity index is -0.000000279. The third-order valence-electron chi connectivity index (χ3n) is 2.61. The van der Waals surface area contributed by atoms with Gasteiger partial charge in [-0.25, -0.2) is 0 Å². The zero-order valence-corrected chi connectivity index (χ0v) is 13.6. The van der Waals surface area contributed by atoms with Crippen LogP contribution in [0.25, 0.3) is 0 Å². The molecule has 0 radical (unpaired) electrons. The second-order valence-electron chi connectivity index (χ2n) is 4.07. The number of hydrogen-bond acceptors (Lipinski definition) is 2. The smallest absolute Gasteiger partial charge is 0.0649 e. The highest BCUT2D eigenvalue weighted by Crippen LogP contribution is 2.33. The highest BCUT2D eigenvalue weighted by atomic mass is 14.8. The SMILES string of the molecule is C.CC.CC.CCC.C[C@@H]1c2nccnc2C[C@@H]1C. The molecule has 0 bridgehead atoms. The van der Waals surface area contributed by atoms with E-state index < -0.39 is 0 Å². The lowest BCUT2D eigenvalue weighted by atomic mass is 9.99. The summed E-state index contributed by atoms with van der Waals surface area (Å²) >= 11 is 0. The maximum Gasteiger partial charge on any atom is 0.0649 e. The van der Waals surface area contributed by atoms with Crippen molar-refractivity contribution in [3.8, 4) is 0 Å². The van der Waals surface area contributed by atoms with Crippen molar-refractivity contribution in [2.24, 2.45) is 5.92 Å². The molecule has 0 unspecified atom stereocenters. The lowest BCUT2D eigenvalue weighted by Gasteiger charge is -2.06. The first-order valence-electron chi connectivity index (χ1n) is 7.50. The monoisotopic (exact) mass is 268 g/mol. The molecule has 0 saturated heterocycles. The van der Waals surface area contributed by atoms with Gasteiger partial charge in [-0.15, -0.1) is 0 Å². The number of fused-ring (bicyclic) bond motifs is 1.